The van der Waals surface area contributed by atoms with Crippen molar-refractivity contribution in [3.63, 3.8) is 0 Å². The van der Waals surface area contributed by atoms with Gasteiger partial charge in [-0.15, -0.1) is 11.3 Å². The van der Waals surface area contributed by atoms with Gasteiger partial charge in [-0.05, 0) is 44.6 Å². The average Bonchev–Trinajstić information content (AvgIpc) is 3.03. The molecular weight excluding hydrogens is 388 g/mol. The van der Waals surface area contributed by atoms with Crippen molar-refractivity contribution in [1.29, 1.82) is 0 Å². The number of thiophene rings is 1. The van der Waals surface area contributed by atoms with Gasteiger partial charge in [0.2, 0.25) is 5.91 Å². The van der Waals surface area contributed by atoms with E-state index in [4.69, 9.17) is 0 Å². The zero-order valence-corrected chi connectivity index (χ0v) is 18.2. The van der Waals surface area contributed by atoms with Gasteiger partial charge >= 0.3 is 5.97 Å². The molecule has 0 aromatic carbocycles. The summed E-state index contributed by atoms with van der Waals surface area (Å²) in [6.07, 6.45) is 9.02. The number of carboxylic acid groups (broad SMARTS) is 1. The first kappa shape index (κ1) is 21.8. The quantitative estimate of drug-likeness (QED) is 0.631. The largest absolute Gasteiger partial charge is 0.481 e. The molecular formula is C22H32N2O4S. The van der Waals surface area contributed by atoms with Crippen LogP contribution in [0, 0.1) is 18.8 Å². The predicted octanol–water partition coefficient (Wildman–Crippen LogP) is 4.51. The van der Waals surface area contributed by atoms with E-state index in [1.165, 1.54) is 17.8 Å². The molecule has 7 heteroatoms. The highest BCUT2D eigenvalue weighted by Gasteiger charge is 2.36. The molecule has 0 radical (unpaired) electrons. The van der Waals surface area contributed by atoms with Crippen LogP contribution >= 0.6 is 11.3 Å². The van der Waals surface area contributed by atoms with Crippen molar-refractivity contribution in [3.05, 3.63) is 16.0 Å². The molecule has 0 aliphatic heterocycles. The number of carbonyl (C=O) groups excluding carboxylic acids is 2. The number of aliphatic carboxylic acids is 1. The third-order valence-corrected chi connectivity index (χ3v) is 7.45. The van der Waals surface area contributed by atoms with Crippen molar-refractivity contribution < 1.29 is 19.5 Å². The zero-order valence-electron chi connectivity index (χ0n) is 17.4. The number of aryl methyl sites for hydroxylation is 1. The molecule has 0 spiro atoms. The highest BCUT2D eigenvalue weighted by molar-refractivity contribution is 7.16. The first-order valence-corrected chi connectivity index (χ1v) is 11.7. The Morgan fingerprint density at radius 1 is 1.00 bits per heavy atom. The van der Waals surface area contributed by atoms with E-state index in [0.717, 1.165) is 49.0 Å². The molecule has 29 heavy (non-hydrogen) atoms. The van der Waals surface area contributed by atoms with Crippen LogP contribution < -0.4 is 10.6 Å². The molecule has 2 atom stereocenters. The summed E-state index contributed by atoms with van der Waals surface area (Å²) in [6.45, 7) is 3.98. The van der Waals surface area contributed by atoms with Crippen LogP contribution in [0.4, 0.5) is 5.00 Å². The van der Waals surface area contributed by atoms with Gasteiger partial charge in [0.25, 0.3) is 5.91 Å². The van der Waals surface area contributed by atoms with E-state index in [-0.39, 0.29) is 17.9 Å². The van der Waals surface area contributed by atoms with E-state index in [9.17, 15) is 19.5 Å². The molecule has 2 aliphatic carbocycles. The minimum absolute atomic E-state index is 0.119. The van der Waals surface area contributed by atoms with E-state index >= 15 is 0 Å². The minimum atomic E-state index is -0.906. The van der Waals surface area contributed by atoms with E-state index in [0.29, 0.717) is 29.8 Å². The maximum Gasteiger partial charge on any atom is 0.307 e. The minimum Gasteiger partial charge on any atom is -0.481 e. The van der Waals surface area contributed by atoms with Gasteiger partial charge in [-0.1, -0.05) is 39.0 Å². The Bertz CT molecular complexity index is 767. The number of rotatable bonds is 6. The lowest BCUT2D eigenvalue weighted by molar-refractivity contribution is -0.147. The number of amides is 2. The third-order valence-electron chi connectivity index (χ3n) is 6.39. The fourth-order valence-electron chi connectivity index (χ4n) is 4.78. The van der Waals surface area contributed by atoms with Crippen LogP contribution in [0.2, 0.25) is 0 Å². The number of carbonyl (C=O) groups is 3. The summed E-state index contributed by atoms with van der Waals surface area (Å²) in [7, 11) is 0. The highest BCUT2D eigenvalue weighted by Crippen LogP contribution is 2.36. The lowest BCUT2D eigenvalue weighted by Crippen LogP contribution is -2.38. The molecule has 1 heterocycles. The van der Waals surface area contributed by atoms with E-state index < -0.39 is 17.8 Å². The second-order valence-electron chi connectivity index (χ2n) is 8.33. The first-order valence-electron chi connectivity index (χ1n) is 10.9. The molecule has 160 valence electrons. The normalized spacial score (nSPS) is 22.8. The third kappa shape index (κ3) is 5.00. The molecule has 2 unspecified atom stereocenters. The van der Waals surface area contributed by atoms with Gasteiger partial charge < -0.3 is 15.7 Å². The van der Waals surface area contributed by atoms with Crippen molar-refractivity contribution in [2.45, 2.75) is 84.1 Å². The topological polar surface area (TPSA) is 95.5 Å². The van der Waals surface area contributed by atoms with Gasteiger partial charge in [0, 0.05) is 10.9 Å². The monoisotopic (exact) mass is 420 g/mol. The summed E-state index contributed by atoms with van der Waals surface area (Å²) in [5.41, 5.74) is 1.54. The Labute approximate surface area is 176 Å². The molecule has 0 bridgehead atoms. The van der Waals surface area contributed by atoms with Crippen LogP contribution in [0.3, 0.4) is 0 Å². The Hall–Kier alpha value is -1.89. The van der Waals surface area contributed by atoms with Crippen LogP contribution in [0.15, 0.2) is 0 Å². The lowest BCUT2D eigenvalue weighted by atomic mass is 9.78. The Morgan fingerprint density at radius 3 is 2.24 bits per heavy atom. The highest BCUT2D eigenvalue weighted by atomic mass is 32.1. The van der Waals surface area contributed by atoms with Gasteiger partial charge in [0.05, 0.1) is 17.4 Å². The van der Waals surface area contributed by atoms with Crippen molar-refractivity contribution in [1.82, 2.24) is 5.32 Å². The second-order valence-corrected chi connectivity index (χ2v) is 9.55. The summed E-state index contributed by atoms with van der Waals surface area (Å²) in [4.78, 5) is 38.7. The van der Waals surface area contributed by atoms with Gasteiger partial charge in [0.15, 0.2) is 0 Å². The molecule has 6 nitrogen and oxygen atoms in total. The lowest BCUT2D eigenvalue weighted by Gasteiger charge is -2.27. The Balaban J connectivity index is 1.80. The fourth-order valence-corrected chi connectivity index (χ4v) is 5.93. The first-order chi connectivity index (χ1) is 13.9. The zero-order chi connectivity index (χ0) is 21.0. The molecule has 2 saturated carbocycles. The fraction of sp³-hybridized carbons (Fsp3) is 0.682. The number of carboxylic acids is 1. The van der Waals surface area contributed by atoms with Gasteiger partial charge in [-0.25, -0.2) is 0 Å². The van der Waals surface area contributed by atoms with E-state index in [1.807, 2.05) is 13.8 Å². The smallest absolute Gasteiger partial charge is 0.307 e. The van der Waals surface area contributed by atoms with Crippen LogP contribution in [0.1, 0.15) is 85.5 Å². The molecule has 3 rings (SSSR count). The average molecular weight is 421 g/mol. The molecule has 2 fully saturated rings. The van der Waals surface area contributed by atoms with Gasteiger partial charge in [-0.3, -0.25) is 14.4 Å². The van der Waals surface area contributed by atoms with Crippen LogP contribution in [-0.2, 0) is 16.0 Å². The number of hydrogen-bond donors (Lipinski definition) is 3. The molecule has 2 amide bonds. The number of anilines is 1. The summed E-state index contributed by atoms with van der Waals surface area (Å²) >= 11 is 1.42. The maximum atomic E-state index is 13.1. The SMILES string of the molecule is CCc1c(C)sc(NC(=O)C2CCCCC2C(=O)O)c1C(=O)NC1CCCCC1. The standard InChI is InChI=1S/C22H32N2O4S/c1-3-15-13(2)29-21(18(15)20(26)23-14-9-5-4-6-10-14)24-19(25)16-11-7-8-12-17(16)22(27)28/h14,16-17H,3-12H2,1-2H3,(H,23,26)(H,24,25)(H,27,28). The van der Waals surface area contributed by atoms with Crippen LogP contribution in [0.25, 0.3) is 0 Å². The van der Waals surface area contributed by atoms with Crippen molar-refractivity contribution in [3.8, 4) is 0 Å². The van der Waals surface area contributed by atoms with E-state index in [2.05, 4.69) is 10.6 Å². The van der Waals surface area contributed by atoms with Gasteiger partial charge in [0.1, 0.15) is 5.00 Å². The van der Waals surface area contributed by atoms with Gasteiger partial charge in [-0.2, -0.15) is 0 Å². The number of hydrogen-bond acceptors (Lipinski definition) is 4. The summed E-state index contributed by atoms with van der Waals surface area (Å²) < 4.78 is 0. The maximum absolute atomic E-state index is 13.1. The number of nitrogens with one attached hydrogen (secondary N) is 2. The molecule has 2 aliphatic rings. The van der Waals surface area contributed by atoms with Crippen molar-refractivity contribution in [2.24, 2.45) is 11.8 Å². The van der Waals surface area contributed by atoms with Crippen molar-refractivity contribution in [2.75, 3.05) is 5.32 Å². The summed E-state index contributed by atoms with van der Waals surface area (Å²) in [5, 5.41) is 16.2. The molecule has 1 aromatic heterocycles. The summed E-state index contributed by atoms with van der Waals surface area (Å²) in [6, 6.07) is 0.194. The summed E-state index contributed by atoms with van der Waals surface area (Å²) in [5.74, 6) is -2.48. The molecule has 1 aromatic rings. The molecule has 3 N–H and O–H groups in total. The van der Waals surface area contributed by atoms with E-state index in [1.54, 1.807) is 0 Å². The van der Waals surface area contributed by atoms with Crippen LogP contribution in [0.5, 0.6) is 0 Å². The second kappa shape index (κ2) is 9.74. The van der Waals surface area contributed by atoms with Crippen LogP contribution in [-0.4, -0.2) is 28.9 Å². The van der Waals surface area contributed by atoms with Crippen molar-refractivity contribution >= 4 is 34.1 Å². The Morgan fingerprint density at radius 2 is 1.62 bits per heavy atom. The Kier molecular flexibility index (Phi) is 7.33. The molecule has 0 saturated heterocycles. The predicted molar refractivity (Wildman–Crippen MR) is 114 cm³/mol.